The van der Waals surface area contributed by atoms with Crippen molar-refractivity contribution >= 4 is 22.7 Å². The highest BCUT2D eigenvalue weighted by Crippen LogP contribution is 2.25. The number of nitrogens with one attached hydrogen (secondary N) is 1. The zero-order valence-corrected chi connectivity index (χ0v) is 17.3. The summed E-state index contributed by atoms with van der Waals surface area (Å²) in [6.07, 6.45) is 1.56. The first kappa shape index (κ1) is 19.8. The van der Waals surface area contributed by atoms with E-state index in [4.69, 9.17) is 9.47 Å². The Morgan fingerprint density at radius 2 is 1.76 bits per heavy atom. The number of amides is 2. The van der Waals surface area contributed by atoms with Crippen molar-refractivity contribution in [2.24, 2.45) is 5.92 Å². The smallest absolute Gasteiger partial charge is 0.270 e. The summed E-state index contributed by atoms with van der Waals surface area (Å²) in [5.41, 5.74) is 1.46. The van der Waals surface area contributed by atoms with Crippen LogP contribution in [0.1, 0.15) is 37.2 Å². The molecule has 2 aliphatic rings. The number of nitrogens with zero attached hydrogens (tertiary/aromatic N) is 2. The van der Waals surface area contributed by atoms with E-state index in [9.17, 15) is 9.59 Å². The minimum absolute atomic E-state index is 0.0106. The van der Waals surface area contributed by atoms with Crippen LogP contribution in [0, 0.1) is 5.92 Å². The van der Waals surface area contributed by atoms with Gasteiger partial charge in [-0.2, -0.15) is 0 Å². The van der Waals surface area contributed by atoms with Gasteiger partial charge in [-0.1, -0.05) is 0 Å². The molecule has 1 aromatic carbocycles. The van der Waals surface area contributed by atoms with Gasteiger partial charge in [-0.15, -0.1) is 0 Å². The van der Waals surface area contributed by atoms with Crippen molar-refractivity contribution in [3.63, 3.8) is 0 Å². The van der Waals surface area contributed by atoms with Crippen molar-refractivity contribution < 1.29 is 19.1 Å². The lowest BCUT2D eigenvalue weighted by molar-refractivity contribution is -0.148. The highest BCUT2D eigenvalue weighted by Gasteiger charge is 2.34. The first-order valence-electron chi connectivity index (χ1n) is 10.3. The van der Waals surface area contributed by atoms with Crippen LogP contribution in [0.5, 0.6) is 5.75 Å². The minimum atomic E-state index is -0.0142. The quantitative estimate of drug-likeness (QED) is 0.861. The van der Waals surface area contributed by atoms with Gasteiger partial charge in [-0.05, 0) is 44.9 Å². The maximum Gasteiger partial charge on any atom is 0.270 e. The molecule has 2 unspecified atom stereocenters. The molecule has 0 bridgehead atoms. The lowest BCUT2D eigenvalue weighted by atomic mass is 9.94. The maximum atomic E-state index is 12.9. The molecule has 2 atom stereocenters. The molecule has 0 spiro atoms. The third kappa shape index (κ3) is 4.10. The molecular formula is C22H29N3O4. The summed E-state index contributed by atoms with van der Waals surface area (Å²) in [5.74, 6) is 0.935. The Morgan fingerprint density at radius 3 is 2.41 bits per heavy atom. The molecule has 0 radical (unpaired) electrons. The van der Waals surface area contributed by atoms with E-state index in [0.717, 1.165) is 16.7 Å². The number of likely N-dealkylation sites (tertiary alicyclic amines) is 1. The Bertz CT molecular complexity index is 891. The highest BCUT2D eigenvalue weighted by atomic mass is 16.5. The first-order valence-corrected chi connectivity index (χ1v) is 10.3. The number of aromatic nitrogens is 1. The van der Waals surface area contributed by atoms with Crippen LogP contribution in [-0.2, 0) is 9.53 Å². The fourth-order valence-corrected chi connectivity index (χ4v) is 4.46. The Hall–Kier alpha value is -2.54. The number of benzene rings is 1. The van der Waals surface area contributed by atoms with Gasteiger partial charge in [0, 0.05) is 49.1 Å². The summed E-state index contributed by atoms with van der Waals surface area (Å²) in [6, 6.07) is 7.59. The second-order valence-electron chi connectivity index (χ2n) is 8.20. The fourth-order valence-electron chi connectivity index (χ4n) is 4.46. The summed E-state index contributed by atoms with van der Waals surface area (Å²) in [5, 5.41) is 0.981. The van der Waals surface area contributed by atoms with Gasteiger partial charge in [0.15, 0.2) is 0 Å². The summed E-state index contributed by atoms with van der Waals surface area (Å²) in [6.45, 7) is 6.52. The number of aromatic amines is 1. The summed E-state index contributed by atoms with van der Waals surface area (Å²) in [7, 11) is 1.62. The summed E-state index contributed by atoms with van der Waals surface area (Å²) < 4.78 is 11.0. The molecule has 29 heavy (non-hydrogen) atoms. The van der Waals surface area contributed by atoms with Crippen LogP contribution >= 0.6 is 0 Å². The molecular weight excluding hydrogens is 370 g/mol. The number of ether oxygens (including phenoxy) is 2. The van der Waals surface area contributed by atoms with Crippen LogP contribution in [0.25, 0.3) is 10.9 Å². The van der Waals surface area contributed by atoms with Crippen LogP contribution in [0.4, 0.5) is 0 Å². The fraction of sp³-hybridized carbons (Fsp3) is 0.545. The SMILES string of the molecule is COc1ccc2cc(C(=O)N3CCC(C(=O)N4CC(C)OC(C)C4)CC3)[nH]c2c1. The largest absolute Gasteiger partial charge is 0.497 e. The molecule has 156 valence electrons. The lowest BCUT2D eigenvalue weighted by Crippen LogP contribution is -2.51. The number of carbonyl (C=O) groups excluding carboxylic acids is 2. The molecule has 0 aliphatic carbocycles. The predicted molar refractivity (Wildman–Crippen MR) is 110 cm³/mol. The maximum absolute atomic E-state index is 12.9. The van der Waals surface area contributed by atoms with Gasteiger partial charge in [0.2, 0.25) is 5.91 Å². The van der Waals surface area contributed by atoms with Gasteiger partial charge in [0.25, 0.3) is 5.91 Å². The molecule has 1 N–H and O–H groups in total. The number of piperidine rings is 1. The number of hydrogen-bond acceptors (Lipinski definition) is 4. The van der Waals surface area contributed by atoms with E-state index < -0.39 is 0 Å². The van der Waals surface area contributed by atoms with Gasteiger partial charge in [-0.3, -0.25) is 9.59 Å². The Kier molecular flexibility index (Phi) is 5.50. The number of rotatable bonds is 3. The van der Waals surface area contributed by atoms with Crippen LogP contribution in [0.15, 0.2) is 24.3 Å². The van der Waals surface area contributed by atoms with E-state index >= 15 is 0 Å². The van der Waals surface area contributed by atoms with E-state index in [0.29, 0.717) is 44.7 Å². The molecule has 1 aromatic heterocycles. The average molecular weight is 399 g/mol. The topological polar surface area (TPSA) is 74.9 Å². The van der Waals surface area contributed by atoms with E-state index in [-0.39, 0.29) is 29.9 Å². The third-order valence-electron chi connectivity index (χ3n) is 5.92. The van der Waals surface area contributed by atoms with Gasteiger partial charge in [0.1, 0.15) is 11.4 Å². The van der Waals surface area contributed by atoms with Crippen LogP contribution in [-0.4, -0.2) is 72.1 Å². The zero-order valence-electron chi connectivity index (χ0n) is 17.3. The van der Waals surface area contributed by atoms with E-state index in [1.165, 1.54) is 0 Å². The van der Waals surface area contributed by atoms with Crippen molar-refractivity contribution in [1.82, 2.24) is 14.8 Å². The van der Waals surface area contributed by atoms with Crippen LogP contribution in [0.3, 0.4) is 0 Å². The number of morpholine rings is 1. The van der Waals surface area contributed by atoms with Gasteiger partial charge < -0.3 is 24.3 Å². The second kappa shape index (κ2) is 8.06. The van der Waals surface area contributed by atoms with Crippen molar-refractivity contribution in [2.45, 2.75) is 38.9 Å². The molecule has 7 nitrogen and oxygen atoms in total. The Labute approximate surface area is 170 Å². The Balaban J connectivity index is 1.38. The molecule has 3 heterocycles. The van der Waals surface area contributed by atoms with Crippen molar-refractivity contribution in [1.29, 1.82) is 0 Å². The summed E-state index contributed by atoms with van der Waals surface area (Å²) >= 11 is 0. The third-order valence-corrected chi connectivity index (χ3v) is 5.92. The zero-order chi connectivity index (χ0) is 20.5. The monoisotopic (exact) mass is 399 g/mol. The van der Waals surface area contributed by atoms with Crippen molar-refractivity contribution in [2.75, 3.05) is 33.3 Å². The molecule has 2 aliphatic heterocycles. The number of methoxy groups -OCH3 is 1. The molecule has 2 amide bonds. The molecule has 4 rings (SSSR count). The molecule has 2 saturated heterocycles. The summed E-state index contributed by atoms with van der Waals surface area (Å²) in [4.78, 5) is 32.8. The van der Waals surface area contributed by atoms with Gasteiger partial charge in [-0.25, -0.2) is 0 Å². The second-order valence-corrected chi connectivity index (χ2v) is 8.20. The van der Waals surface area contributed by atoms with Gasteiger partial charge >= 0.3 is 0 Å². The molecule has 0 saturated carbocycles. The molecule has 2 fully saturated rings. The van der Waals surface area contributed by atoms with E-state index in [1.807, 2.05) is 47.9 Å². The standard InChI is InChI=1S/C22H29N3O4/c1-14-12-25(13-15(2)29-14)21(26)16-6-8-24(9-7-16)22(27)20-10-17-4-5-18(28-3)11-19(17)23-20/h4-5,10-11,14-16,23H,6-9,12-13H2,1-3H3. The number of fused-ring (bicyclic) bond motifs is 1. The van der Waals surface area contributed by atoms with E-state index in [2.05, 4.69) is 4.98 Å². The normalized spacial score (nSPS) is 23.4. The highest BCUT2D eigenvalue weighted by molar-refractivity contribution is 5.98. The molecule has 2 aromatic rings. The van der Waals surface area contributed by atoms with Gasteiger partial charge in [0.05, 0.1) is 19.3 Å². The van der Waals surface area contributed by atoms with Crippen LogP contribution < -0.4 is 4.74 Å². The number of H-pyrrole nitrogens is 1. The molecule has 7 heteroatoms. The predicted octanol–water partition coefficient (Wildman–Crippen LogP) is 2.66. The average Bonchev–Trinajstić information content (AvgIpc) is 3.15. The number of hydrogen-bond donors (Lipinski definition) is 1. The Morgan fingerprint density at radius 1 is 1.07 bits per heavy atom. The van der Waals surface area contributed by atoms with Crippen molar-refractivity contribution in [3.05, 3.63) is 30.0 Å². The van der Waals surface area contributed by atoms with Crippen molar-refractivity contribution in [3.8, 4) is 5.75 Å². The first-order chi connectivity index (χ1) is 13.9. The minimum Gasteiger partial charge on any atom is -0.497 e. The lowest BCUT2D eigenvalue weighted by Gasteiger charge is -2.39. The van der Waals surface area contributed by atoms with E-state index in [1.54, 1.807) is 7.11 Å². The number of carbonyl (C=O) groups is 2. The van der Waals surface area contributed by atoms with Crippen LogP contribution in [0.2, 0.25) is 0 Å².